The van der Waals surface area contributed by atoms with E-state index >= 15 is 0 Å². The van der Waals surface area contributed by atoms with Crippen molar-refractivity contribution in [1.82, 2.24) is 0 Å². The van der Waals surface area contributed by atoms with Crippen LogP contribution in [0.4, 0.5) is 0 Å². The molecule has 30 unspecified atom stereocenters. The first-order valence-corrected chi connectivity index (χ1v) is 31.7. The van der Waals surface area contributed by atoms with Gasteiger partial charge >= 0.3 is 10.4 Å². The van der Waals surface area contributed by atoms with E-state index in [1.807, 2.05) is 13.8 Å². The van der Waals surface area contributed by atoms with Gasteiger partial charge in [-0.15, -0.1) is 0 Å². The van der Waals surface area contributed by atoms with Crippen LogP contribution < -0.4 is 0 Å². The van der Waals surface area contributed by atoms with Gasteiger partial charge in [-0.2, -0.15) is 8.42 Å². The van der Waals surface area contributed by atoms with Crippen LogP contribution in [0.25, 0.3) is 0 Å². The van der Waals surface area contributed by atoms with E-state index in [9.17, 15) is 84.1 Å². The highest BCUT2D eigenvalue weighted by atomic mass is 32.3. The lowest BCUT2D eigenvalue weighted by molar-refractivity contribution is -0.432. The molecule has 3 saturated carbocycles. The van der Waals surface area contributed by atoms with Gasteiger partial charge in [-0.25, -0.2) is 4.18 Å². The summed E-state index contributed by atoms with van der Waals surface area (Å²) in [7, 11) is -4.91. The number of hydrogen-bond donors (Lipinski definition) is 14. The molecule has 5 saturated heterocycles. The van der Waals surface area contributed by atoms with Crippen LogP contribution in [-0.4, -0.2) is 256 Å². The van der Waals surface area contributed by atoms with Gasteiger partial charge in [0.1, 0.15) is 97.3 Å². The standard InChI is InChI=1S/C57H94O28S/c1-21(2)17-27(58)20-56(10,69)34-12-11-30-29-19-33(32-18-28(85-86(72,73)74)13-15-54(32,8)31(29)14-16-55(30,34)9)80-51-44(68)48(57(70,71)26(7)79-51)84-53-47(83-50-42(66)39(63)36(60)23(4)76-50)43(67)45(25(6)78-53)81-52-46(40(64)37(61)24(5)77-52)82-49-41(65)38(62)35(59)22(3)75-49/h14,21-26,28-30,32-53,59-71H,11-13,15-20H2,1-10H3,(H,72,73,74)/t22?,23?,24?,25?,26?,28?,29?,30?,32-,33+,34?,35?,36?,37?,38?,39?,40?,41?,42?,43?,44?,45?,46?,47?,48?,49?,50?,51?,52?,53?,54?,55?,56+/m1/s1. The molecule has 496 valence electrons. The number of aliphatic hydroxyl groups excluding tert-OH is 10. The van der Waals surface area contributed by atoms with Gasteiger partial charge < -0.3 is 114 Å². The van der Waals surface area contributed by atoms with Crippen molar-refractivity contribution < 1.29 is 136 Å². The smallest absolute Gasteiger partial charge is 0.389 e. The summed E-state index contributed by atoms with van der Waals surface area (Å²) in [5, 5.41) is 148. The van der Waals surface area contributed by atoms with Gasteiger partial charge in [0, 0.05) is 12.8 Å². The fourth-order valence-electron chi connectivity index (χ4n) is 16.0. The lowest BCUT2D eigenvalue weighted by atomic mass is 9.47. The Balaban J connectivity index is 1.00. The van der Waals surface area contributed by atoms with E-state index in [4.69, 9.17) is 51.6 Å². The molecule has 8 fully saturated rings. The van der Waals surface area contributed by atoms with Gasteiger partial charge in [0.15, 0.2) is 31.5 Å². The topological polar surface area (TPSA) is 436 Å². The summed E-state index contributed by atoms with van der Waals surface area (Å²) in [6.45, 7) is 16.6. The molecular weight excluding hydrogens is 1160 g/mol. The second-order valence-electron chi connectivity index (χ2n) is 27.3. The number of carbonyl (C=O) groups excluding carboxylic acids is 1. The minimum atomic E-state index is -4.91. The Labute approximate surface area is 500 Å². The Bertz CT molecular complexity index is 2490. The summed E-state index contributed by atoms with van der Waals surface area (Å²) >= 11 is 0. The number of fused-ring (bicyclic) bond motifs is 5. The number of ketones is 1. The maximum Gasteiger partial charge on any atom is 0.397 e. The summed E-state index contributed by atoms with van der Waals surface area (Å²) in [5.41, 5.74) is -1.39. The molecular formula is C57H94O28S. The Morgan fingerprint density at radius 3 is 1.71 bits per heavy atom. The van der Waals surface area contributed by atoms with Crippen LogP contribution >= 0.6 is 0 Å². The summed E-state index contributed by atoms with van der Waals surface area (Å²) in [4.78, 5) is 13.2. The second-order valence-corrected chi connectivity index (χ2v) is 28.3. The highest BCUT2D eigenvalue weighted by Gasteiger charge is 2.65. The van der Waals surface area contributed by atoms with Crippen molar-refractivity contribution >= 4 is 16.2 Å². The molecule has 0 bridgehead atoms. The van der Waals surface area contributed by atoms with Gasteiger partial charge in [-0.1, -0.05) is 39.3 Å². The molecule has 0 aromatic heterocycles. The zero-order valence-electron chi connectivity index (χ0n) is 50.2. The van der Waals surface area contributed by atoms with E-state index in [1.165, 1.54) is 34.6 Å². The largest absolute Gasteiger partial charge is 0.397 e. The Hall–Kier alpha value is -1.64. The summed E-state index contributed by atoms with van der Waals surface area (Å²) in [6, 6.07) is 0. The molecule has 5 heterocycles. The highest BCUT2D eigenvalue weighted by Crippen LogP contribution is 2.67. The number of carbonyl (C=O) groups is 1. The molecule has 0 aromatic carbocycles. The van der Waals surface area contributed by atoms with E-state index in [0.717, 1.165) is 5.57 Å². The predicted molar refractivity (Wildman–Crippen MR) is 290 cm³/mol. The third-order valence-electron chi connectivity index (χ3n) is 20.7. The molecule has 9 rings (SSSR count). The van der Waals surface area contributed by atoms with Crippen molar-refractivity contribution in [3.8, 4) is 0 Å². The van der Waals surface area contributed by atoms with Gasteiger partial charge in [-0.3, -0.25) is 9.35 Å². The quantitative estimate of drug-likeness (QED) is 0.0428. The fourth-order valence-corrected chi connectivity index (χ4v) is 16.5. The fraction of sp³-hybridized carbons (Fsp3) is 0.947. The van der Waals surface area contributed by atoms with Crippen molar-refractivity contribution in [3.63, 3.8) is 0 Å². The van der Waals surface area contributed by atoms with Gasteiger partial charge in [0.2, 0.25) is 5.79 Å². The number of hydrogen-bond acceptors (Lipinski definition) is 27. The molecule has 4 aliphatic carbocycles. The first-order chi connectivity index (χ1) is 39.9. The van der Waals surface area contributed by atoms with E-state index in [2.05, 4.69) is 19.9 Å². The third-order valence-corrected chi connectivity index (χ3v) is 21.2. The first kappa shape index (κ1) is 68.7. The third kappa shape index (κ3) is 13.2. The Morgan fingerprint density at radius 1 is 0.628 bits per heavy atom. The zero-order valence-corrected chi connectivity index (χ0v) is 51.0. The summed E-state index contributed by atoms with van der Waals surface area (Å²) in [5.74, 6) is -4.10. The molecule has 0 aromatic rings. The van der Waals surface area contributed by atoms with Crippen molar-refractivity contribution in [2.24, 2.45) is 40.4 Å². The SMILES string of the molecule is CC(C)CC(=O)C[C@](C)(O)C1CCC2C3C[C@H](OC4OC(C)C(O)(O)C(OC5OC(C)C(OC6OC(C)C(O)C(O)C6OC6OC(C)C(O)C(O)C6O)C(O)C5OC5OC(C)C(O)C(O)C5O)C4O)[C@H]4CC(OS(=O)(=O)O)CCC4(C)C3=CCC21C. The first-order valence-electron chi connectivity index (χ1n) is 30.3. The predicted octanol–water partition coefficient (Wildman–Crippen LogP) is -1.94. The molecule has 86 heavy (non-hydrogen) atoms. The second kappa shape index (κ2) is 25.7. The van der Waals surface area contributed by atoms with Crippen LogP contribution in [0, 0.1) is 40.4 Å². The maximum atomic E-state index is 13.2. The molecule has 5 aliphatic heterocycles. The van der Waals surface area contributed by atoms with Crippen molar-refractivity contribution in [2.45, 2.75) is 298 Å². The molecule has 0 radical (unpaired) electrons. The summed E-state index contributed by atoms with van der Waals surface area (Å²) < 4.78 is 101. The number of rotatable bonds is 17. The molecule has 9 aliphatic rings. The number of Topliss-reactive ketones (excluding diaryl/α,β-unsaturated/α-hetero) is 1. The Kier molecular flexibility index (Phi) is 20.5. The van der Waals surface area contributed by atoms with Crippen LogP contribution in [0.1, 0.15) is 127 Å². The van der Waals surface area contributed by atoms with Gasteiger partial charge in [0.05, 0.1) is 42.2 Å². The van der Waals surface area contributed by atoms with E-state index in [-0.39, 0.29) is 55.1 Å². The minimum absolute atomic E-state index is 0.00611. The lowest BCUT2D eigenvalue weighted by Gasteiger charge is -2.60. The minimum Gasteiger partial charge on any atom is -0.389 e. The molecule has 14 N–H and O–H groups in total. The van der Waals surface area contributed by atoms with E-state index in [0.29, 0.717) is 32.1 Å². The zero-order chi connectivity index (χ0) is 63.4. The van der Waals surface area contributed by atoms with Crippen LogP contribution in [0.15, 0.2) is 11.6 Å². The molecule has 29 heteroatoms. The highest BCUT2D eigenvalue weighted by molar-refractivity contribution is 7.80. The average Bonchev–Trinajstić information content (AvgIpc) is 3.26. The van der Waals surface area contributed by atoms with Crippen molar-refractivity contribution in [1.29, 1.82) is 0 Å². The monoisotopic (exact) mass is 1260 g/mol. The average molecular weight is 1260 g/mol. The molecule has 0 spiro atoms. The Morgan fingerprint density at radius 2 is 1.14 bits per heavy atom. The lowest BCUT2D eigenvalue weighted by Crippen LogP contribution is -2.70. The maximum absolute atomic E-state index is 13.2. The van der Waals surface area contributed by atoms with Crippen molar-refractivity contribution in [2.75, 3.05) is 0 Å². The number of allylic oxidation sites excluding steroid dienone is 2. The normalized spacial score (nSPS) is 51.4. The van der Waals surface area contributed by atoms with Crippen LogP contribution in [-0.2, 0) is 66.7 Å². The van der Waals surface area contributed by atoms with Crippen LogP contribution in [0.2, 0.25) is 0 Å². The van der Waals surface area contributed by atoms with Crippen LogP contribution in [0.5, 0.6) is 0 Å². The van der Waals surface area contributed by atoms with Crippen molar-refractivity contribution in [3.05, 3.63) is 11.6 Å². The van der Waals surface area contributed by atoms with E-state index < -0.39 is 198 Å². The van der Waals surface area contributed by atoms with Crippen LogP contribution in [0.3, 0.4) is 0 Å². The van der Waals surface area contributed by atoms with Gasteiger partial charge in [0.25, 0.3) is 0 Å². The molecule has 28 nitrogen and oxygen atoms in total. The molecule has 0 amide bonds. The number of aliphatic hydroxyl groups is 13. The van der Waals surface area contributed by atoms with E-state index in [1.54, 1.807) is 6.92 Å². The number of ether oxygens (including phenoxy) is 10. The molecule has 33 atom stereocenters. The van der Waals surface area contributed by atoms with Gasteiger partial charge in [-0.05, 0) is 127 Å². The summed E-state index contributed by atoms with van der Waals surface area (Å²) in [6.07, 6.45) is -38.2.